The second kappa shape index (κ2) is 7.03. The Morgan fingerprint density at radius 2 is 1.59 bits per heavy atom. The van der Waals surface area contributed by atoms with Crippen LogP contribution in [0.1, 0.15) is 5.56 Å². The van der Waals surface area contributed by atoms with Crippen LogP contribution < -0.4 is 5.32 Å². The third-order valence-electron chi connectivity index (χ3n) is 3.87. The highest BCUT2D eigenvalue weighted by Crippen LogP contribution is 2.30. The fourth-order valence-electron chi connectivity index (χ4n) is 2.59. The summed E-state index contributed by atoms with van der Waals surface area (Å²) in [4.78, 5) is 12.0. The maximum atomic E-state index is 12.7. The topological polar surface area (TPSA) is 63.2 Å². The minimum Gasteiger partial charge on any atom is -0.325 e. The molecule has 0 saturated heterocycles. The average molecular weight is 393 g/mol. The van der Waals surface area contributed by atoms with Crippen LogP contribution in [0.15, 0.2) is 71.6 Å². The number of hydrogen-bond acceptors (Lipinski definition) is 3. The molecular formula is C19H14F3NO3S. The second-order valence-corrected chi connectivity index (χ2v) is 7.88. The van der Waals surface area contributed by atoms with Crippen LogP contribution in [0.4, 0.5) is 18.9 Å². The molecule has 140 valence electrons. The molecule has 3 aromatic carbocycles. The molecular weight excluding hydrogens is 379 g/mol. The van der Waals surface area contributed by atoms with Crippen LogP contribution in [0.2, 0.25) is 0 Å². The Morgan fingerprint density at radius 1 is 0.889 bits per heavy atom. The smallest absolute Gasteiger partial charge is 0.325 e. The molecule has 3 rings (SSSR count). The van der Waals surface area contributed by atoms with Gasteiger partial charge in [0, 0.05) is 5.69 Å². The lowest BCUT2D eigenvalue weighted by molar-refractivity contribution is -0.137. The first-order chi connectivity index (χ1) is 12.6. The highest BCUT2D eigenvalue weighted by atomic mass is 32.2. The van der Waals surface area contributed by atoms with E-state index >= 15 is 0 Å². The van der Waals surface area contributed by atoms with Crippen molar-refractivity contribution in [3.63, 3.8) is 0 Å². The fourth-order valence-corrected chi connectivity index (χ4v) is 3.75. The predicted molar refractivity (Wildman–Crippen MR) is 96.1 cm³/mol. The van der Waals surface area contributed by atoms with Crippen molar-refractivity contribution in [3.05, 3.63) is 72.3 Å². The molecule has 0 aliphatic carbocycles. The van der Waals surface area contributed by atoms with E-state index in [0.717, 1.165) is 23.6 Å². The van der Waals surface area contributed by atoms with E-state index in [4.69, 9.17) is 0 Å². The van der Waals surface area contributed by atoms with Crippen molar-refractivity contribution >= 4 is 32.2 Å². The van der Waals surface area contributed by atoms with Crippen LogP contribution in [-0.2, 0) is 20.8 Å². The average Bonchev–Trinajstić information content (AvgIpc) is 2.60. The number of halogens is 3. The van der Waals surface area contributed by atoms with Crippen molar-refractivity contribution in [2.24, 2.45) is 0 Å². The van der Waals surface area contributed by atoms with Crippen molar-refractivity contribution < 1.29 is 26.4 Å². The Balaban J connectivity index is 1.78. The number of carbonyl (C=O) groups is 1. The van der Waals surface area contributed by atoms with E-state index in [1.807, 2.05) is 12.1 Å². The van der Waals surface area contributed by atoms with Gasteiger partial charge in [-0.15, -0.1) is 0 Å². The number of anilines is 1. The maximum absolute atomic E-state index is 12.7. The number of rotatable bonds is 4. The van der Waals surface area contributed by atoms with Gasteiger partial charge < -0.3 is 5.32 Å². The summed E-state index contributed by atoms with van der Waals surface area (Å²) in [6.07, 6.45) is -4.56. The number of benzene rings is 3. The monoisotopic (exact) mass is 393 g/mol. The summed E-state index contributed by atoms with van der Waals surface area (Å²) in [7, 11) is -3.94. The molecule has 0 radical (unpaired) electrons. The normalized spacial score (nSPS) is 12.1. The van der Waals surface area contributed by atoms with Gasteiger partial charge in [0.2, 0.25) is 5.91 Å². The minimum atomic E-state index is -4.56. The van der Waals surface area contributed by atoms with Gasteiger partial charge in [0.15, 0.2) is 9.84 Å². The number of carbonyl (C=O) groups excluding carboxylic acids is 1. The highest BCUT2D eigenvalue weighted by molar-refractivity contribution is 7.92. The molecule has 1 amide bonds. The molecule has 27 heavy (non-hydrogen) atoms. The number of sulfone groups is 1. The Morgan fingerprint density at radius 3 is 2.30 bits per heavy atom. The SMILES string of the molecule is O=C(CS(=O)(=O)c1ccc2ccccc2c1)Nc1cccc(C(F)(F)F)c1. The molecule has 0 spiro atoms. The molecule has 8 heteroatoms. The van der Waals surface area contributed by atoms with Gasteiger partial charge in [-0.1, -0.05) is 36.4 Å². The molecule has 0 heterocycles. The lowest BCUT2D eigenvalue weighted by Gasteiger charge is -2.10. The molecule has 4 nitrogen and oxygen atoms in total. The maximum Gasteiger partial charge on any atom is 0.416 e. The lowest BCUT2D eigenvalue weighted by Crippen LogP contribution is -2.23. The van der Waals surface area contributed by atoms with Gasteiger partial charge in [-0.25, -0.2) is 8.42 Å². The Hall–Kier alpha value is -2.87. The summed E-state index contributed by atoms with van der Waals surface area (Å²) in [6.45, 7) is 0. The third kappa shape index (κ3) is 4.46. The molecule has 0 unspecified atom stereocenters. The lowest BCUT2D eigenvalue weighted by atomic mass is 10.1. The number of fused-ring (bicyclic) bond motifs is 1. The summed E-state index contributed by atoms with van der Waals surface area (Å²) < 4.78 is 63.1. The van der Waals surface area contributed by atoms with Gasteiger partial charge in [-0.2, -0.15) is 13.2 Å². The quantitative estimate of drug-likeness (QED) is 0.720. The van der Waals surface area contributed by atoms with Gasteiger partial charge in [-0.3, -0.25) is 4.79 Å². The summed E-state index contributed by atoms with van der Waals surface area (Å²) in [5.41, 5.74) is -1.05. The van der Waals surface area contributed by atoms with Crippen molar-refractivity contribution in [1.29, 1.82) is 0 Å². The van der Waals surface area contributed by atoms with Crippen molar-refractivity contribution in [1.82, 2.24) is 0 Å². The molecule has 0 saturated carbocycles. The molecule has 0 bridgehead atoms. The van der Waals surface area contributed by atoms with Crippen LogP contribution >= 0.6 is 0 Å². The van der Waals surface area contributed by atoms with E-state index in [2.05, 4.69) is 5.32 Å². The van der Waals surface area contributed by atoms with E-state index in [-0.39, 0.29) is 10.6 Å². The van der Waals surface area contributed by atoms with Gasteiger partial charge >= 0.3 is 6.18 Å². The minimum absolute atomic E-state index is 0.0274. The summed E-state index contributed by atoms with van der Waals surface area (Å²) in [5, 5.41) is 3.76. The van der Waals surface area contributed by atoms with Gasteiger partial charge in [0.1, 0.15) is 5.75 Å². The molecule has 3 aromatic rings. The van der Waals surface area contributed by atoms with Crippen LogP contribution in [0.5, 0.6) is 0 Å². The molecule has 1 N–H and O–H groups in total. The van der Waals surface area contributed by atoms with Crippen molar-refractivity contribution in [2.45, 2.75) is 11.1 Å². The zero-order valence-corrected chi connectivity index (χ0v) is 14.6. The third-order valence-corrected chi connectivity index (χ3v) is 5.49. The molecule has 0 atom stereocenters. The first-order valence-corrected chi connectivity index (χ1v) is 9.49. The zero-order valence-electron chi connectivity index (χ0n) is 13.8. The number of alkyl halides is 3. The van der Waals surface area contributed by atoms with Crippen molar-refractivity contribution in [3.8, 4) is 0 Å². The highest BCUT2D eigenvalue weighted by Gasteiger charge is 2.30. The van der Waals surface area contributed by atoms with Gasteiger partial charge in [-0.05, 0) is 41.1 Å². The molecule has 0 aromatic heterocycles. The molecule has 0 aliphatic rings. The van der Waals surface area contributed by atoms with E-state index < -0.39 is 33.2 Å². The van der Waals surface area contributed by atoms with E-state index in [9.17, 15) is 26.4 Å². The molecule has 0 aliphatic heterocycles. The predicted octanol–water partition coefficient (Wildman–Crippen LogP) is 4.27. The number of amides is 1. The summed E-state index contributed by atoms with van der Waals surface area (Å²) in [6, 6.07) is 15.7. The number of nitrogens with one attached hydrogen (secondary N) is 1. The Labute approximate surface area is 153 Å². The van der Waals surface area contributed by atoms with Crippen LogP contribution in [-0.4, -0.2) is 20.1 Å². The van der Waals surface area contributed by atoms with E-state index in [1.54, 1.807) is 18.2 Å². The Kier molecular flexibility index (Phi) is 4.93. The van der Waals surface area contributed by atoms with E-state index in [0.29, 0.717) is 5.39 Å². The standard InChI is InChI=1S/C19H14F3NO3S/c20-19(21,22)15-6-3-7-16(11-15)23-18(24)12-27(25,26)17-9-8-13-4-1-2-5-14(13)10-17/h1-11H,12H2,(H,23,24). The zero-order chi connectivity index (χ0) is 19.7. The summed E-state index contributed by atoms with van der Waals surface area (Å²) in [5.74, 6) is -1.79. The molecule has 0 fully saturated rings. The van der Waals surface area contributed by atoms with Crippen LogP contribution in [0.25, 0.3) is 10.8 Å². The van der Waals surface area contributed by atoms with Gasteiger partial charge in [0.25, 0.3) is 0 Å². The summed E-state index contributed by atoms with van der Waals surface area (Å²) >= 11 is 0. The van der Waals surface area contributed by atoms with Crippen LogP contribution in [0, 0.1) is 0 Å². The first kappa shape index (κ1) is 18.9. The van der Waals surface area contributed by atoms with Crippen molar-refractivity contribution in [2.75, 3.05) is 11.1 Å². The second-order valence-electron chi connectivity index (χ2n) is 5.89. The van der Waals surface area contributed by atoms with Gasteiger partial charge in [0.05, 0.1) is 10.5 Å². The van der Waals surface area contributed by atoms with Crippen LogP contribution in [0.3, 0.4) is 0 Å². The first-order valence-electron chi connectivity index (χ1n) is 7.84. The Bertz CT molecular complexity index is 1110. The number of hydrogen-bond donors (Lipinski definition) is 1. The fraction of sp³-hybridized carbons (Fsp3) is 0.105. The van der Waals surface area contributed by atoms with E-state index in [1.165, 1.54) is 18.2 Å². The largest absolute Gasteiger partial charge is 0.416 e.